The van der Waals surface area contributed by atoms with E-state index in [1.165, 1.54) is 0 Å². The summed E-state index contributed by atoms with van der Waals surface area (Å²) >= 11 is 0. The summed E-state index contributed by atoms with van der Waals surface area (Å²) in [6.45, 7) is 4.24. The van der Waals surface area contributed by atoms with Crippen molar-refractivity contribution in [3.8, 4) is 0 Å². The molecule has 0 aromatic heterocycles. The molecule has 96 valence electrons. The van der Waals surface area contributed by atoms with E-state index in [0.717, 1.165) is 6.42 Å². The van der Waals surface area contributed by atoms with Crippen molar-refractivity contribution in [2.75, 3.05) is 40.5 Å². The molecule has 5 nitrogen and oxygen atoms in total. The zero-order valence-corrected chi connectivity index (χ0v) is 10.6. The van der Waals surface area contributed by atoms with Gasteiger partial charge in [0.1, 0.15) is 0 Å². The zero-order valence-electron chi connectivity index (χ0n) is 10.6. The van der Waals surface area contributed by atoms with Crippen LogP contribution < -0.4 is 5.73 Å². The number of hydrogen-bond acceptors (Lipinski definition) is 4. The van der Waals surface area contributed by atoms with Crippen LogP contribution in [-0.2, 0) is 14.3 Å². The first-order valence-corrected chi connectivity index (χ1v) is 5.66. The molecule has 0 heterocycles. The van der Waals surface area contributed by atoms with Crippen molar-refractivity contribution in [1.82, 2.24) is 4.90 Å². The van der Waals surface area contributed by atoms with E-state index in [9.17, 15) is 4.79 Å². The Morgan fingerprint density at radius 1 is 1.50 bits per heavy atom. The molecule has 2 N–H and O–H groups in total. The number of nitrogens with two attached hydrogens (primary N) is 1. The van der Waals surface area contributed by atoms with Crippen LogP contribution >= 0.6 is 0 Å². The van der Waals surface area contributed by atoms with Gasteiger partial charge in [0.05, 0.1) is 25.7 Å². The van der Waals surface area contributed by atoms with E-state index in [-0.39, 0.29) is 12.0 Å². The fraction of sp³-hybridized carbons (Fsp3) is 0.909. The number of carbonyl (C=O) groups excluding carboxylic acids is 1. The monoisotopic (exact) mass is 232 g/mol. The highest BCUT2D eigenvalue weighted by atomic mass is 16.5. The molecule has 0 bridgehead atoms. The molecule has 0 radical (unpaired) electrons. The van der Waals surface area contributed by atoms with Crippen molar-refractivity contribution in [2.45, 2.75) is 25.9 Å². The van der Waals surface area contributed by atoms with Crippen molar-refractivity contribution in [3.05, 3.63) is 0 Å². The number of rotatable bonds is 9. The second-order valence-electron chi connectivity index (χ2n) is 3.84. The summed E-state index contributed by atoms with van der Waals surface area (Å²) in [5, 5.41) is 0. The molecule has 0 fully saturated rings. The molecule has 0 aromatic rings. The summed E-state index contributed by atoms with van der Waals surface area (Å²) < 4.78 is 10.3. The molecule has 0 aliphatic heterocycles. The van der Waals surface area contributed by atoms with E-state index in [4.69, 9.17) is 15.2 Å². The minimum Gasteiger partial charge on any atom is -0.382 e. The molecule has 0 rings (SSSR count). The first-order chi connectivity index (χ1) is 7.61. The summed E-state index contributed by atoms with van der Waals surface area (Å²) in [5.74, 6) is 0.0954. The highest BCUT2D eigenvalue weighted by Crippen LogP contribution is 1.97. The van der Waals surface area contributed by atoms with Crippen LogP contribution in [0.3, 0.4) is 0 Å². The quantitative estimate of drug-likeness (QED) is 0.618. The number of hydrogen-bond donors (Lipinski definition) is 1. The second kappa shape index (κ2) is 9.57. The highest BCUT2D eigenvalue weighted by molar-refractivity contribution is 5.75. The topological polar surface area (TPSA) is 64.8 Å². The zero-order chi connectivity index (χ0) is 12.4. The summed E-state index contributed by atoms with van der Waals surface area (Å²) in [6.07, 6.45) is 1.28. The number of nitrogens with zero attached hydrogens (tertiary/aromatic N) is 1. The standard InChI is InChI=1S/C11H24N2O3/c1-10(9-15-3)16-8-5-11(14)13(2)7-4-6-12/h10H,4-9,12H2,1-3H3. The Labute approximate surface area is 97.9 Å². The van der Waals surface area contributed by atoms with E-state index in [1.807, 2.05) is 6.92 Å². The van der Waals surface area contributed by atoms with E-state index in [1.54, 1.807) is 19.1 Å². The third-order valence-electron chi connectivity index (χ3n) is 2.24. The van der Waals surface area contributed by atoms with Crippen LogP contribution in [0.5, 0.6) is 0 Å². The summed E-state index contributed by atoms with van der Waals surface area (Å²) in [6, 6.07) is 0. The van der Waals surface area contributed by atoms with Gasteiger partial charge in [0.15, 0.2) is 0 Å². The largest absolute Gasteiger partial charge is 0.382 e. The van der Waals surface area contributed by atoms with Crippen LogP contribution in [0.2, 0.25) is 0 Å². The number of ether oxygens (including phenoxy) is 2. The van der Waals surface area contributed by atoms with Crippen LogP contribution in [0.15, 0.2) is 0 Å². The van der Waals surface area contributed by atoms with Crippen LogP contribution in [0.4, 0.5) is 0 Å². The maximum atomic E-state index is 11.6. The van der Waals surface area contributed by atoms with E-state index < -0.39 is 0 Å². The number of methoxy groups -OCH3 is 1. The van der Waals surface area contributed by atoms with Gasteiger partial charge in [0.2, 0.25) is 5.91 Å². The van der Waals surface area contributed by atoms with Gasteiger partial charge in [-0.05, 0) is 19.9 Å². The lowest BCUT2D eigenvalue weighted by Gasteiger charge is -2.17. The lowest BCUT2D eigenvalue weighted by molar-refractivity contribution is -0.131. The fourth-order valence-electron chi connectivity index (χ4n) is 1.27. The molecule has 0 saturated heterocycles. The summed E-state index contributed by atoms with van der Waals surface area (Å²) in [4.78, 5) is 13.3. The third kappa shape index (κ3) is 7.62. The highest BCUT2D eigenvalue weighted by Gasteiger charge is 2.09. The van der Waals surface area contributed by atoms with Crippen LogP contribution in [0.1, 0.15) is 19.8 Å². The van der Waals surface area contributed by atoms with Crippen molar-refractivity contribution in [3.63, 3.8) is 0 Å². The SMILES string of the molecule is COCC(C)OCCC(=O)N(C)CCCN. The smallest absolute Gasteiger partial charge is 0.224 e. The van der Waals surface area contributed by atoms with Crippen LogP contribution in [0.25, 0.3) is 0 Å². The maximum absolute atomic E-state index is 11.6. The van der Waals surface area contributed by atoms with Crippen LogP contribution in [-0.4, -0.2) is 57.4 Å². The van der Waals surface area contributed by atoms with Crippen LogP contribution in [0, 0.1) is 0 Å². The molecule has 0 aromatic carbocycles. The Hall–Kier alpha value is -0.650. The molecule has 0 aliphatic carbocycles. The first kappa shape index (κ1) is 15.3. The molecular formula is C11H24N2O3. The molecule has 1 amide bonds. The van der Waals surface area contributed by atoms with Crippen molar-refractivity contribution < 1.29 is 14.3 Å². The van der Waals surface area contributed by atoms with Crippen molar-refractivity contribution in [2.24, 2.45) is 5.73 Å². The predicted octanol–water partition coefficient (Wildman–Crippen LogP) is 0.235. The molecule has 1 unspecified atom stereocenters. The van der Waals surface area contributed by atoms with Gasteiger partial charge in [-0.25, -0.2) is 0 Å². The maximum Gasteiger partial charge on any atom is 0.224 e. The van der Waals surface area contributed by atoms with Crippen molar-refractivity contribution >= 4 is 5.91 Å². The summed E-state index contributed by atoms with van der Waals surface area (Å²) in [7, 11) is 3.42. The fourth-order valence-corrected chi connectivity index (χ4v) is 1.27. The van der Waals surface area contributed by atoms with Crippen molar-refractivity contribution in [1.29, 1.82) is 0 Å². The van der Waals surface area contributed by atoms with Gasteiger partial charge >= 0.3 is 0 Å². The van der Waals surface area contributed by atoms with Gasteiger partial charge in [-0.2, -0.15) is 0 Å². The summed E-state index contributed by atoms with van der Waals surface area (Å²) in [5.41, 5.74) is 5.37. The van der Waals surface area contributed by atoms with Gasteiger partial charge in [0, 0.05) is 20.7 Å². The number of amides is 1. The Morgan fingerprint density at radius 2 is 2.19 bits per heavy atom. The average Bonchev–Trinajstić information content (AvgIpc) is 2.26. The average molecular weight is 232 g/mol. The normalized spacial score (nSPS) is 12.5. The molecule has 0 spiro atoms. The molecule has 0 aliphatic rings. The predicted molar refractivity (Wildman–Crippen MR) is 63.2 cm³/mol. The minimum atomic E-state index is 0.0344. The second-order valence-corrected chi connectivity index (χ2v) is 3.84. The first-order valence-electron chi connectivity index (χ1n) is 5.66. The molecular weight excluding hydrogens is 208 g/mol. The Bertz CT molecular complexity index is 188. The molecule has 16 heavy (non-hydrogen) atoms. The van der Waals surface area contributed by atoms with E-state index >= 15 is 0 Å². The van der Waals surface area contributed by atoms with Gasteiger partial charge in [0.25, 0.3) is 0 Å². The van der Waals surface area contributed by atoms with Gasteiger partial charge in [-0.3, -0.25) is 4.79 Å². The van der Waals surface area contributed by atoms with Gasteiger partial charge in [-0.1, -0.05) is 0 Å². The lowest BCUT2D eigenvalue weighted by atomic mass is 10.3. The van der Waals surface area contributed by atoms with Gasteiger partial charge in [-0.15, -0.1) is 0 Å². The molecule has 0 saturated carbocycles. The Morgan fingerprint density at radius 3 is 2.75 bits per heavy atom. The van der Waals surface area contributed by atoms with E-state index in [0.29, 0.717) is 32.7 Å². The third-order valence-corrected chi connectivity index (χ3v) is 2.24. The molecule has 1 atom stereocenters. The Kier molecular flexibility index (Phi) is 9.18. The minimum absolute atomic E-state index is 0.0344. The molecule has 5 heteroatoms. The van der Waals surface area contributed by atoms with E-state index in [2.05, 4.69) is 0 Å². The lowest BCUT2D eigenvalue weighted by Crippen LogP contribution is -2.30. The number of carbonyl (C=O) groups is 1. The Balaban J connectivity index is 3.56. The van der Waals surface area contributed by atoms with Gasteiger partial charge < -0.3 is 20.1 Å².